The normalized spacial score (nSPS) is 21.2. The molecule has 0 fully saturated rings. The van der Waals surface area contributed by atoms with Crippen molar-refractivity contribution >= 4 is 0 Å². The van der Waals surface area contributed by atoms with E-state index in [0.29, 0.717) is 6.04 Å². The number of hydrogen-bond acceptors (Lipinski definition) is 1. The molecule has 1 atom stereocenters. The van der Waals surface area contributed by atoms with Crippen molar-refractivity contribution in [3.8, 4) is 0 Å². The predicted molar refractivity (Wildman–Crippen MR) is 51.4 cm³/mol. The van der Waals surface area contributed by atoms with Gasteiger partial charge in [-0.25, -0.2) is 4.39 Å². The van der Waals surface area contributed by atoms with Crippen LogP contribution in [0, 0.1) is 0 Å². The predicted octanol–water partition coefficient (Wildman–Crippen LogP) is 2.36. The van der Waals surface area contributed by atoms with Crippen LogP contribution in [-0.4, -0.2) is 6.54 Å². The third kappa shape index (κ3) is 1.59. The number of benzene rings is 1. The van der Waals surface area contributed by atoms with Crippen LogP contribution in [0.4, 0.5) is 4.39 Å². The van der Waals surface area contributed by atoms with Gasteiger partial charge in [0.05, 0.1) is 0 Å². The minimum atomic E-state index is -0.352. The highest BCUT2D eigenvalue weighted by Gasteiger charge is 2.15. The minimum Gasteiger partial charge on any atom is -0.310 e. The van der Waals surface area contributed by atoms with Crippen molar-refractivity contribution in [3.63, 3.8) is 0 Å². The molecule has 1 aliphatic rings. The van der Waals surface area contributed by atoms with Gasteiger partial charge in [0, 0.05) is 6.04 Å². The molecule has 0 saturated carbocycles. The first-order valence-electron chi connectivity index (χ1n) is 4.72. The highest BCUT2D eigenvalue weighted by atomic mass is 19.1. The molecule has 0 amide bonds. The van der Waals surface area contributed by atoms with Gasteiger partial charge in [0.25, 0.3) is 0 Å². The average molecular weight is 179 g/mol. The summed E-state index contributed by atoms with van der Waals surface area (Å²) >= 11 is 0. The SMILES string of the molecule is CC1NCCc2cc(CF)ccc21. The third-order valence-corrected chi connectivity index (χ3v) is 2.67. The number of fused-ring (bicyclic) bond motifs is 1. The summed E-state index contributed by atoms with van der Waals surface area (Å²) < 4.78 is 12.4. The Hall–Kier alpha value is -0.890. The first-order valence-corrected chi connectivity index (χ1v) is 4.72. The average Bonchev–Trinajstić information content (AvgIpc) is 2.18. The number of alkyl halides is 1. The summed E-state index contributed by atoms with van der Waals surface area (Å²) in [6.07, 6.45) is 1.02. The lowest BCUT2D eigenvalue weighted by Crippen LogP contribution is -2.27. The number of halogens is 1. The van der Waals surface area contributed by atoms with Crippen molar-refractivity contribution in [1.82, 2.24) is 5.32 Å². The van der Waals surface area contributed by atoms with Crippen molar-refractivity contribution in [3.05, 3.63) is 34.9 Å². The number of rotatable bonds is 1. The van der Waals surface area contributed by atoms with Crippen LogP contribution in [0.25, 0.3) is 0 Å². The summed E-state index contributed by atoms with van der Waals surface area (Å²) in [6, 6.07) is 6.33. The van der Waals surface area contributed by atoms with Gasteiger partial charge in [0.15, 0.2) is 0 Å². The van der Waals surface area contributed by atoms with Gasteiger partial charge in [0.2, 0.25) is 0 Å². The molecule has 13 heavy (non-hydrogen) atoms. The monoisotopic (exact) mass is 179 g/mol. The molecule has 2 heteroatoms. The van der Waals surface area contributed by atoms with Gasteiger partial charge in [-0.05, 0) is 36.6 Å². The van der Waals surface area contributed by atoms with E-state index in [9.17, 15) is 4.39 Å². The van der Waals surface area contributed by atoms with Gasteiger partial charge in [-0.1, -0.05) is 18.2 Å². The third-order valence-electron chi connectivity index (χ3n) is 2.67. The summed E-state index contributed by atoms with van der Waals surface area (Å²) in [6.45, 7) is 2.80. The van der Waals surface area contributed by atoms with Crippen LogP contribution in [0.5, 0.6) is 0 Å². The van der Waals surface area contributed by atoms with Gasteiger partial charge in [-0.3, -0.25) is 0 Å². The molecule has 2 rings (SSSR count). The van der Waals surface area contributed by atoms with E-state index in [1.165, 1.54) is 11.1 Å². The number of nitrogens with one attached hydrogen (secondary N) is 1. The summed E-state index contributed by atoms with van der Waals surface area (Å²) in [7, 11) is 0. The van der Waals surface area contributed by atoms with Crippen LogP contribution in [0.2, 0.25) is 0 Å². The van der Waals surface area contributed by atoms with Crippen molar-refractivity contribution in [1.29, 1.82) is 0 Å². The molecule has 1 N–H and O–H groups in total. The fourth-order valence-corrected chi connectivity index (χ4v) is 1.91. The number of hydrogen-bond donors (Lipinski definition) is 1. The van der Waals surface area contributed by atoms with E-state index in [1.807, 2.05) is 18.2 Å². The lowest BCUT2D eigenvalue weighted by molar-refractivity contribution is 0.483. The molecule has 1 unspecified atom stereocenters. The topological polar surface area (TPSA) is 12.0 Å². The van der Waals surface area contributed by atoms with E-state index in [1.54, 1.807) is 0 Å². The zero-order valence-corrected chi connectivity index (χ0v) is 7.81. The molecule has 0 aliphatic carbocycles. The highest BCUT2D eigenvalue weighted by Crippen LogP contribution is 2.23. The van der Waals surface area contributed by atoms with Crippen LogP contribution >= 0.6 is 0 Å². The van der Waals surface area contributed by atoms with Crippen LogP contribution in [0.1, 0.15) is 29.7 Å². The molecular weight excluding hydrogens is 165 g/mol. The maximum atomic E-state index is 12.4. The van der Waals surface area contributed by atoms with Gasteiger partial charge < -0.3 is 5.32 Å². The molecule has 0 spiro atoms. The van der Waals surface area contributed by atoms with Crippen molar-refractivity contribution in [2.75, 3.05) is 6.54 Å². The zero-order valence-electron chi connectivity index (χ0n) is 7.81. The molecule has 1 aromatic carbocycles. The van der Waals surface area contributed by atoms with E-state index in [-0.39, 0.29) is 6.67 Å². The van der Waals surface area contributed by atoms with Crippen LogP contribution in [-0.2, 0) is 13.1 Å². The first kappa shape index (κ1) is 8.70. The quantitative estimate of drug-likeness (QED) is 0.697. The summed E-state index contributed by atoms with van der Waals surface area (Å²) in [4.78, 5) is 0. The Labute approximate surface area is 78.0 Å². The lowest BCUT2D eigenvalue weighted by atomic mass is 9.94. The summed E-state index contributed by atoms with van der Waals surface area (Å²) in [5.74, 6) is 0. The van der Waals surface area contributed by atoms with E-state index < -0.39 is 0 Å². The fraction of sp³-hybridized carbons (Fsp3) is 0.455. The Morgan fingerprint density at radius 1 is 1.54 bits per heavy atom. The molecule has 0 radical (unpaired) electrons. The van der Waals surface area contributed by atoms with E-state index in [4.69, 9.17) is 0 Å². The lowest BCUT2D eigenvalue weighted by Gasteiger charge is -2.24. The van der Waals surface area contributed by atoms with Gasteiger partial charge in [-0.2, -0.15) is 0 Å². The molecule has 1 aromatic rings. The Kier molecular flexibility index (Phi) is 2.32. The van der Waals surface area contributed by atoms with Gasteiger partial charge in [0.1, 0.15) is 6.67 Å². The first-order chi connectivity index (χ1) is 6.31. The molecule has 0 bridgehead atoms. The van der Waals surface area contributed by atoms with Crippen molar-refractivity contribution in [2.24, 2.45) is 0 Å². The second-order valence-electron chi connectivity index (χ2n) is 3.59. The molecule has 1 heterocycles. The van der Waals surface area contributed by atoms with Crippen LogP contribution in [0.3, 0.4) is 0 Å². The van der Waals surface area contributed by atoms with Crippen LogP contribution < -0.4 is 5.32 Å². The Bertz CT molecular complexity index is 309. The van der Waals surface area contributed by atoms with Gasteiger partial charge >= 0.3 is 0 Å². The van der Waals surface area contributed by atoms with Gasteiger partial charge in [-0.15, -0.1) is 0 Å². The zero-order chi connectivity index (χ0) is 9.26. The molecular formula is C11H14FN. The molecule has 1 nitrogen and oxygen atoms in total. The molecule has 70 valence electrons. The second-order valence-corrected chi connectivity index (χ2v) is 3.59. The standard InChI is InChI=1S/C11H14FN/c1-8-11-3-2-9(7-12)6-10(11)4-5-13-8/h2-3,6,8,13H,4-5,7H2,1H3. The maximum Gasteiger partial charge on any atom is 0.115 e. The minimum absolute atomic E-state index is 0.352. The smallest absolute Gasteiger partial charge is 0.115 e. The van der Waals surface area contributed by atoms with E-state index in [2.05, 4.69) is 12.2 Å². The Balaban J connectivity index is 2.39. The summed E-state index contributed by atoms with van der Waals surface area (Å²) in [5, 5.41) is 3.38. The fourth-order valence-electron chi connectivity index (χ4n) is 1.91. The Morgan fingerprint density at radius 3 is 3.15 bits per heavy atom. The Morgan fingerprint density at radius 2 is 2.38 bits per heavy atom. The highest BCUT2D eigenvalue weighted by molar-refractivity contribution is 5.35. The van der Waals surface area contributed by atoms with E-state index >= 15 is 0 Å². The molecule has 0 aromatic heterocycles. The van der Waals surface area contributed by atoms with Crippen LogP contribution in [0.15, 0.2) is 18.2 Å². The molecule has 1 aliphatic heterocycles. The second kappa shape index (κ2) is 3.46. The summed E-state index contributed by atoms with van der Waals surface area (Å²) in [5.41, 5.74) is 3.43. The van der Waals surface area contributed by atoms with Crippen molar-refractivity contribution < 1.29 is 4.39 Å². The molecule has 0 saturated heterocycles. The maximum absolute atomic E-state index is 12.4. The largest absolute Gasteiger partial charge is 0.310 e. The van der Waals surface area contributed by atoms with E-state index in [0.717, 1.165) is 18.5 Å². The van der Waals surface area contributed by atoms with Crippen molar-refractivity contribution in [2.45, 2.75) is 26.1 Å².